The van der Waals surface area contributed by atoms with E-state index in [9.17, 15) is 15.2 Å². The van der Waals surface area contributed by atoms with Crippen molar-refractivity contribution in [3.63, 3.8) is 0 Å². The Balaban J connectivity index is 1.91. The Labute approximate surface area is 163 Å². The molecule has 0 saturated heterocycles. The molecule has 29 heavy (non-hydrogen) atoms. The summed E-state index contributed by atoms with van der Waals surface area (Å²) in [5.74, 6) is -0.930. The van der Waals surface area contributed by atoms with Crippen LogP contribution in [0.15, 0.2) is 65.2 Å². The van der Waals surface area contributed by atoms with Crippen LogP contribution in [0, 0.1) is 11.3 Å². The molecule has 140 valence electrons. The standard InChI is InChI=1S/C19H12N8O2/c20-9-12-10-24-27(19-22-6-3-7-23-19)18(12)26-25-15-13-5-2-1-4-11(13)8-14(16(15)28)17(21)29/h1-8,10,28H,(H2,21,29)/b26-25+. The number of hydrogen-bond acceptors (Lipinski definition) is 8. The molecule has 10 heteroatoms. The predicted molar refractivity (Wildman–Crippen MR) is 102 cm³/mol. The maximum Gasteiger partial charge on any atom is 0.252 e. The highest BCUT2D eigenvalue weighted by molar-refractivity contribution is 6.06. The number of amides is 1. The predicted octanol–water partition coefficient (Wildman–Crippen LogP) is 2.91. The fourth-order valence-electron chi connectivity index (χ4n) is 2.77. The van der Waals surface area contributed by atoms with Crippen LogP contribution in [0.5, 0.6) is 5.75 Å². The van der Waals surface area contributed by atoms with Crippen molar-refractivity contribution in [1.82, 2.24) is 19.7 Å². The maximum absolute atomic E-state index is 11.7. The fraction of sp³-hybridized carbons (Fsp3) is 0. The van der Waals surface area contributed by atoms with Gasteiger partial charge in [0.1, 0.15) is 17.3 Å². The van der Waals surface area contributed by atoms with Crippen LogP contribution in [0.3, 0.4) is 0 Å². The highest BCUT2D eigenvalue weighted by Crippen LogP contribution is 2.39. The van der Waals surface area contributed by atoms with E-state index in [1.54, 1.807) is 30.3 Å². The number of carbonyl (C=O) groups is 1. The van der Waals surface area contributed by atoms with Crippen LogP contribution in [0.2, 0.25) is 0 Å². The first-order valence-corrected chi connectivity index (χ1v) is 8.32. The molecular formula is C19H12N8O2. The van der Waals surface area contributed by atoms with Crippen molar-refractivity contribution in [2.75, 3.05) is 0 Å². The minimum atomic E-state index is -0.801. The number of nitrogens with zero attached hydrogens (tertiary/aromatic N) is 7. The van der Waals surface area contributed by atoms with Gasteiger partial charge >= 0.3 is 0 Å². The Hall–Kier alpha value is -4.65. The van der Waals surface area contributed by atoms with Gasteiger partial charge < -0.3 is 10.8 Å². The number of aromatic hydroxyl groups is 1. The molecule has 0 unspecified atom stereocenters. The molecule has 2 heterocycles. The van der Waals surface area contributed by atoms with Gasteiger partial charge in [-0.15, -0.1) is 10.2 Å². The molecule has 0 fully saturated rings. The van der Waals surface area contributed by atoms with Crippen LogP contribution in [0.25, 0.3) is 16.7 Å². The zero-order chi connectivity index (χ0) is 20.4. The first-order chi connectivity index (χ1) is 14.1. The molecule has 0 radical (unpaired) electrons. The molecule has 0 spiro atoms. The number of rotatable bonds is 4. The summed E-state index contributed by atoms with van der Waals surface area (Å²) in [4.78, 5) is 19.9. The van der Waals surface area contributed by atoms with E-state index in [0.29, 0.717) is 10.8 Å². The van der Waals surface area contributed by atoms with Gasteiger partial charge in [0.2, 0.25) is 0 Å². The number of fused-ring (bicyclic) bond motifs is 1. The van der Waals surface area contributed by atoms with Crippen LogP contribution in [0.1, 0.15) is 15.9 Å². The second kappa shape index (κ2) is 7.16. The number of aromatic nitrogens is 4. The topological polar surface area (TPSA) is 155 Å². The van der Waals surface area contributed by atoms with Crippen molar-refractivity contribution >= 4 is 28.2 Å². The van der Waals surface area contributed by atoms with Gasteiger partial charge in [0.05, 0.1) is 11.8 Å². The number of azo groups is 1. The van der Waals surface area contributed by atoms with E-state index in [0.717, 1.165) is 0 Å². The highest BCUT2D eigenvalue weighted by Gasteiger charge is 2.18. The Morgan fingerprint density at radius 2 is 1.93 bits per heavy atom. The normalized spacial score (nSPS) is 11.0. The lowest BCUT2D eigenvalue weighted by Crippen LogP contribution is -2.11. The third-order valence-corrected chi connectivity index (χ3v) is 4.11. The summed E-state index contributed by atoms with van der Waals surface area (Å²) in [5, 5.41) is 33.4. The molecule has 0 aliphatic heterocycles. The summed E-state index contributed by atoms with van der Waals surface area (Å²) in [6.45, 7) is 0. The lowest BCUT2D eigenvalue weighted by Gasteiger charge is -2.08. The van der Waals surface area contributed by atoms with Crippen molar-refractivity contribution in [2.45, 2.75) is 0 Å². The largest absolute Gasteiger partial charge is 0.505 e. The van der Waals surface area contributed by atoms with E-state index in [2.05, 4.69) is 25.3 Å². The van der Waals surface area contributed by atoms with Gasteiger partial charge in [-0.3, -0.25) is 4.79 Å². The molecule has 1 amide bonds. The first-order valence-electron chi connectivity index (χ1n) is 8.32. The molecule has 4 rings (SSSR count). The fourth-order valence-corrected chi connectivity index (χ4v) is 2.77. The van der Waals surface area contributed by atoms with Crippen LogP contribution in [-0.4, -0.2) is 30.8 Å². The van der Waals surface area contributed by atoms with Crippen molar-refractivity contribution in [2.24, 2.45) is 16.0 Å². The molecule has 2 aromatic carbocycles. The molecule has 3 N–H and O–H groups in total. The van der Waals surface area contributed by atoms with Gasteiger partial charge in [-0.05, 0) is 17.5 Å². The Bertz CT molecular complexity index is 1310. The third-order valence-electron chi connectivity index (χ3n) is 4.11. The Morgan fingerprint density at radius 1 is 1.17 bits per heavy atom. The third kappa shape index (κ3) is 3.13. The van der Waals surface area contributed by atoms with Gasteiger partial charge in [-0.25, -0.2) is 9.97 Å². The molecular weight excluding hydrogens is 372 g/mol. The van der Waals surface area contributed by atoms with E-state index < -0.39 is 11.7 Å². The lowest BCUT2D eigenvalue weighted by atomic mass is 10.0. The van der Waals surface area contributed by atoms with Crippen LogP contribution in [-0.2, 0) is 0 Å². The number of primary amides is 1. The minimum absolute atomic E-state index is 0.0440. The maximum atomic E-state index is 11.7. The van der Waals surface area contributed by atoms with E-state index in [-0.39, 0.29) is 28.6 Å². The number of hydrogen-bond donors (Lipinski definition) is 2. The number of benzene rings is 2. The van der Waals surface area contributed by atoms with Gasteiger partial charge in [-0.2, -0.15) is 15.0 Å². The summed E-state index contributed by atoms with van der Waals surface area (Å²) < 4.78 is 1.25. The average Bonchev–Trinajstić information content (AvgIpc) is 3.16. The van der Waals surface area contributed by atoms with E-state index in [4.69, 9.17) is 5.73 Å². The Morgan fingerprint density at radius 3 is 2.66 bits per heavy atom. The second-order valence-electron chi connectivity index (χ2n) is 5.86. The number of nitrogens with two attached hydrogens (primary N) is 1. The SMILES string of the molecule is N#Cc1cnn(-c2ncccn2)c1/N=N/c1c(O)c(C(N)=O)cc2ccccc12. The zero-order valence-corrected chi connectivity index (χ0v) is 14.8. The van der Waals surface area contributed by atoms with Crippen molar-refractivity contribution in [3.05, 3.63) is 66.1 Å². The highest BCUT2D eigenvalue weighted by atomic mass is 16.3. The summed E-state index contributed by atoms with van der Waals surface area (Å²) in [7, 11) is 0. The van der Waals surface area contributed by atoms with Gasteiger partial charge in [0.15, 0.2) is 11.6 Å². The number of carbonyl (C=O) groups excluding carboxylic acids is 1. The van der Waals surface area contributed by atoms with Gasteiger partial charge in [-0.1, -0.05) is 24.3 Å². The summed E-state index contributed by atoms with van der Waals surface area (Å²) in [6, 6.07) is 12.1. The second-order valence-corrected chi connectivity index (χ2v) is 5.86. The average molecular weight is 384 g/mol. The zero-order valence-electron chi connectivity index (χ0n) is 14.8. The molecule has 10 nitrogen and oxygen atoms in total. The van der Waals surface area contributed by atoms with Crippen LogP contribution >= 0.6 is 0 Å². The van der Waals surface area contributed by atoms with Crippen molar-refractivity contribution < 1.29 is 9.90 Å². The van der Waals surface area contributed by atoms with E-state index in [1.807, 2.05) is 6.07 Å². The monoisotopic (exact) mass is 384 g/mol. The molecule has 2 aromatic heterocycles. The van der Waals surface area contributed by atoms with Crippen LogP contribution < -0.4 is 5.73 Å². The van der Waals surface area contributed by atoms with Gasteiger partial charge in [0, 0.05) is 17.8 Å². The Kier molecular flexibility index (Phi) is 4.38. The smallest absolute Gasteiger partial charge is 0.252 e. The first kappa shape index (κ1) is 17.7. The van der Waals surface area contributed by atoms with Crippen molar-refractivity contribution in [3.8, 4) is 17.8 Å². The lowest BCUT2D eigenvalue weighted by molar-refractivity contribution is 0.0998. The number of nitriles is 1. The quantitative estimate of drug-likeness (QED) is 0.515. The summed E-state index contributed by atoms with van der Waals surface area (Å²) >= 11 is 0. The summed E-state index contributed by atoms with van der Waals surface area (Å²) in [6.07, 6.45) is 4.35. The number of phenols is 1. The van der Waals surface area contributed by atoms with Crippen LogP contribution in [0.4, 0.5) is 11.5 Å². The van der Waals surface area contributed by atoms with E-state index >= 15 is 0 Å². The molecule has 0 aliphatic carbocycles. The molecule has 4 aromatic rings. The molecule has 0 bridgehead atoms. The molecule has 0 saturated carbocycles. The van der Waals surface area contributed by atoms with Gasteiger partial charge in [0.25, 0.3) is 11.9 Å². The minimum Gasteiger partial charge on any atom is -0.505 e. The molecule has 0 aliphatic rings. The summed E-state index contributed by atoms with van der Waals surface area (Å²) in [5.41, 5.74) is 5.46. The molecule has 0 atom stereocenters. The van der Waals surface area contributed by atoms with E-state index in [1.165, 1.54) is 29.3 Å². The van der Waals surface area contributed by atoms with Crippen molar-refractivity contribution in [1.29, 1.82) is 5.26 Å².